The first-order valence-corrected chi connectivity index (χ1v) is 8.53. The van der Waals surface area contributed by atoms with Gasteiger partial charge >= 0.3 is 11.9 Å². The minimum Gasteiger partial charge on any atom is -0.496 e. The van der Waals surface area contributed by atoms with E-state index in [-0.39, 0.29) is 39.4 Å². The van der Waals surface area contributed by atoms with Crippen molar-refractivity contribution in [1.82, 2.24) is 0 Å². The summed E-state index contributed by atoms with van der Waals surface area (Å²) >= 11 is 0. The Morgan fingerprint density at radius 1 is 0.828 bits per heavy atom. The average Bonchev–Trinajstić information content (AvgIpc) is 2.65. The number of esters is 2. The Hall–Kier alpha value is -3.81. The standard InChI is InChI=1S/C21H18O8/c1-11(22)27-14-8-19(26-4)21-15(24)10-17(29-20(21)9-14)13-5-6-16(25-3)18(7-13)28-12(2)23/h5-10H,1-4H3. The van der Waals surface area contributed by atoms with Crippen molar-refractivity contribution in [3.63, 3.8) is 0 Å². The van der Waals surface area contributed by atoms with E-state index in [0.717, 1.165) is 0 Å². The van der Waals surface area contributed by atoms with Crippen molar-refractivity contribution >= 4 is 22.9 Å². The second-order valence-corrected chi connectivity index (χ2v) is 6.03. The molecule has 0 aliphatic rings. The number of hydrogen-bond acceptors (Lipinski definition) is 8. The molecule has 0 radical (unpaired) electrons. The van der Waals surface area contributed by atoms with E-state index in [9.17, 15) is 14.4 Å². The molecule has 0 bridgehead atoms. The lowest BCUT2D eigenvalue weighted by molar-refractivity contribution is -0.132. The van der Waals surface area contributed by atoms with Gasteiger partial charge in [-0.3, -0.25) is 14.4 Å². The largest absolute Gasteiger partial charge is 0.496 e. The van der Waals surface area contributed by atoms with E-state index in [0.29, 0.717) is 11.3 Å². The first kappa shape index (κ1) is 19.9. The van der Waals surface area contributed by atoms with Crippen molar-refractivity contribution in [2.45, 2.75) is 13.8 Å². The predicted molar refractivity (Wildman–Crippen MR) is 104 cm³/mol. The Bertz CT molecular complexity index is 1160. The Morgan fingerprint density at radius 2 is 1.52 bits per heavy atom. The summed E-state index contributed by atoms with van der Waals surface area (Å²) in [7, 11) is 2.84. The number of benzene rings is 2. The fourth-order valence-electron chi connectivity index (χ4n) is 2.82. The monoisotopic (exact) mass is 398 g/mol. The van der Waals surface area contributed by atoms with Gasteiger partial charge in [0.05, 0.1) is 14.2 Å². The van der Waals surface area contributed by atoms with Gasteiger partial charge < -0.3 is 23.4 Å². The molecular weight excluding hydrogens is 380 g/mol. The summed E-state index contributed by atoms with van der Waals surface area (Å²) in [5, 5.41) is 0.209. The second kappa shape index (κ2) is 8.05. The molecule has 1 aromatic heterocycles. The first-order valence-electron chi connectivity index (χ1n) is 8.53. The summed E-state index contributed by atoms with van der Waals surface area (Å²) in [5.74, 6) is 0.118. The van der Waals surface area contributed by atoms with Crippen LogP contribution in [0.3, 0.4) is 0 Å². The van der Waals surface area contributed by atoms with Crippen LogP contribution in [-0.4, -0.2) is 26.2 Å². The molecule has 2 aromatic carbocycles. The van der Waals surface area contributed by atoms with Crippen molar-refractivity contribution in [2.24, 2.45) is 0 Å². The SMILES string of the molecule is COc1ccc(-c2cc(=O)c3c(OC)cc(OC(C)=O)cc3o2)cc1OC(C)=O. The number of carbonyl (C=O) groups excluding carboxylic acids is 2. The molecule has 0 aliphatic carbocycles. The van der Waals surface area contributed by atoms with E-state index in [1.165, 1.54) is 52.3 Å². The van der Waals surface area contributed by atoms with Crippen LogP contribution >= 0.6 is 0 Å². The summed E-state index contributed by atoms with van der Waals surface area (Å²) in [4.78, 5) is 35.3. The summed E-state index contributed by atoms with van der Waals surface area (Å²) in [5.41, 5.74) is 0.309. The first-order chi connectivity index (χ1) is 13.8. The molecule has 0 N–H and O–H groups in total. The highest BCUT2D eigenvalue weighted by atomic mass is 16.6. The van der Waals surface area contributed by atoms with Crippen molar-refractivity contribution in [2.75, 3.05) is 14.2 Å². The highest BCUT2D eigenvalue weighted by Gasteiger charge is 2.16. The molecular formula is C21H18O8. The molecule has 8 nitrogen and oxygen atoms in total. The fourth-order valence-corrected chi connectivity index (χ4v) is 2.82. The van der Waals surface area contributed by atoms with Gasteiger partial charge in [0.15, 0.2) is 16.9 Å². The molecule has 0 saturated heterocycles. The van der Waals surface area contributed by atoms with Gasteiger partial charge in [0.25, 0.3) is 0 Å². The van der Waals surface area contributed by atoms with Gasteiger partial charge in [0.1, 0.15) is 28.2 Å². The van der Waals surface area contributed by atoms with E-state index in [1.54, 1.807) is 12.1 Å². The maximum absolute atomic E-state index is 12.7. The zero-order valence-corrected chi connectivity index (χ0v) is 16.2. The minimum absolute atomic E-state index is 0.174. The molecule has 3 aromatic rings. The van der Waals surface area contributed by atoms with Crippen LogP contribution in [-0.2, 0) is 9.59 Å². The van der Waals surface area contributed by atoms with Crippen LogP contribution in [0.2, 0.25) is 0 Å². The Morgan fingerprint density at radius 3 is 2.14 bits per heavy atom. The lowest BCUT2D eigenvalue weighted by Gasteiger charge is -2.11. The molecule has 150 valence electrons. The van der Waals surface area contributed by atoms with Crippen molar-refractivity contribution < 1.29 is 33.0 Å². The van der Waals surface area contributed by atoms with Crippen LogP contribution in [0.5, 0.6) is 23.0 Å². The number of rotatable bonds is 5. The maximum atomic E-state index is 12.7. The highest BCUT2D eigenvalue weighted by molar-refractivity contribution is 5.87. The topological polar surface area (TPSA) is 101 Å². The molecule has 0 saturated carbocycles. The number of fused-ring (bicyclic) bond motifs is 1. The smallest absolute Gasteiger partial charge is 0.308 e. The second-order valence-electron chi connectivity index (χ2n) is 6.03. The van der Waals surface area contributed by atoms with Crippen LogP contribution in [0, 0.1) is 0 Å². The van der Waals surface area contributed by atoms with Crippen molar-refractivity contribution in [3.8, 4) is 34.3 Å². The van der Waals surface area contributed by atoms with Gasteiger partial charge in [0, 0.05) is 37.6 Å². The summed E-state index contributed by atoms with van der Waals surface area (Å²) in [6, 6.07) is 8.94. The fraction of sp³-hybridized carbons (Fsp3) is 0.190. The third-order valence-corrected chi connectivity index (χ3v) is 3.95. The average molecular weight is 398 g/mol. The molecule has 0 amide bonds. The van der Waals surface area contributed by atoms with Crippen LogP contribution in [0.15, 0.2) is 45.6 Å². The summed E-state index contributed by atoms with van der Waals surface area (Å²) < 4.78 is 26.5. The van der Waals surface area contributed by atoms with E-state index < -0.39 is 11.9 Å². The van der Waals surface area contributed by atoms with Crippen molar-refractivity contribution in [3.05, 3.63) is 46.6 Å². The van der Waals surface area contributed by atoms with Crippen molar-refractivity contribution in [1.29, 1.82) is 0 Å². The summed E-state index contributed by atoms with van der Waals surface area (Å²) in [6.07, 6.45) is 0. The number of ether oxygens (including phenoxy) is 4. The third kappa shape index (κ3) is 4.21. The molecule has 0 spiro atoms. The molecule has 0 atom stereocenters. The molecule has 0 fully saturated rings. The van der Waals surface area contributed by atoms with E-state index in [1.807, 2.05) is 0 Å². The Balaban J connectivity index is 2.19. The van der Waals surface area contributed by atoms with Gasteiger partial charge in [-0.2, -0.15) is 0 Å². The highest BCUT2D eigenvalue weighted by Crippen LogP contribution is 2.35. The van der Waals surface area contributed by atoms with Crippen LogP contribution in [0.1, 0.15) is 13.8 Å². The summed E-state index contributed by atoms with van der Waals surface area (Å²) in [6.45, 7) is 2.53. The lowest BCUT2D eigenvalue weighted by atomic mass is 10.1. The third-order valence-electron chi connectivity index (χ3n) is 3.95. The van der Waals surface area contributed by atoms with Gasteiger partial charge in [-0.05, 0) is 18.2 Å². The molecule has 0 aliphatic heterocycles. The normalized spacial score (nSPS) is 10.5. The van der Waals surface area contributed by atoms with E-state index in [2.05, 4.69) is 0 Å². The van der Waals surface area contributed by atoms with Gasteiger partial charge in [0.2, 0.25) is 0 Å². The zero-order valence-electron chi connectivity index (χ0n) is 16.2. The Kier molecular flexibility index (Phi) is 5.54. The molecule has 1 heterocycles. The lowest BCUT2D eigenvalue weighted by Crippen LogP contribution is -2.06. The predicted octanol–water partition coefficient (Wildman–Crippen LogP) is 3.33. The Labute approximate surface area is 165 Å². The quantitative estimate of drug-likeness (QED) is 0.476. The number of methoxy groups -OCH3 is 2. The molecule has 29 heavy (non-hydrogen) atoms. The van der Waals surface area contributed by atoms with Crippen LogP contribution < -0.4 is 24.4 Å². The zero-order chi connectivity index (χ0) is 21.1. The maximum Gasteiger partial charge on any atom is 0.308 e. The van der Waals surface area contributed by atoms with Crippen LogP contribution in [0.4, 0.5) is 0 Å². The van der Waals surface area contributed by atoms with E-state index in [4.69, 9.17) is 23.4 Å². The minimum atomic E-state index is -0.522. The molecule has 0 unspecified atom stereocenters. The van der Waals surface area contributed by atoms with Gasteiger partial charge in [-0.25, -0.2) is 0 Å². The molecule has 3 rings (SSSR count). The van der Waals surface area contributed by atoms with Gasteiger partial charge in [-0.15, -0.1) is 0 Å². The van der Waals surface area contributed by atoms with Crippen LogP contribution in [0.25, 0.3) is 22.3 Å². The van der Waals surface area contributed by atoms with E-state index >= 15 is 0 Å². The van der Waals surface area contributed by atoms with Gasteiger partial charge in [-0.1, -0.05) is 0 Å². The number of hydrogen-bond donors (Lipinski definition) is 0. The molecule has 8 heteroatoms. The number of carbonyl (C=O) groups is 2.